The van der Waals surface area contributed by atoms with Gasteiger partial charge in [-0.2, -0.15) is 0 Å². The average Bonchev–Trinajstić information content (AvgIpc) is 3.94. The van der Waals surface area contributed by atoms with E-state index in [1.807, 2.05) is 71.4 Å². The molecule has 0 aromatic carbocycles. The van der Waals surface area contributed by atoms with Crippen molar-refractivity contribution in [1.82, 2.24) is 0 Å². The molecule has 218 valence electrons. The molecule has 0 atom stereocenters. The Morgan fingerprint density at radius 2 is 0.556 bits per heavy atom. The first-order valence-corrected chi connectivity index (χ1v) is 18.2. The van der Waals surface area contributed by atoms with Gasteiger partial charge < -0.3 is 17.7 Å². The molecule has 0 radical (unpaired) electrons. The molecule has 9 aromatic heterocycles. The third-order valence-electron chi connectivity index (χ3n) is 7.23. The summed E-state index contributed by atoms with van der Waals surface area (Å²) in [6.45, 7) is 0. The van der Waals surface area contributed by atoms with Gasteiger partial charge in [-0.1, -0.05) is 12.1 Å². The molecule has 0 aliphatic heterocycles. The van der Waals surface area contributed by atoms with Crippen molar-refractivity contribution in [3.05, 3.63) is 120 Å². The van der Waals surface area contributed by atoms with E-state index in [1.54, 1.807) is 56.7 Å². The molecule has 9 heteroatoms. The molecule has 9 aromatic rings. The Kier molecular flexibility index (Phi) is 6.72. The predicted molar refractivity (Wildman–Crippen MR) is 188 cm³/mol. The highest BCUT2D eigenvalue weighted by atomic mass is 32.1. The van der Waals surface area contributed by atoms with Crippen molar-refractivity contribution in [2.24, 2.45) is 0 Å². The lowest BCUT2D eigenvalue weighted by atomic mass is 10.3. The Labute approximate surface area is 277 Å². The van der Waals surface area contributed by atoms with Crippen LogP contribution in [0, 0.1) is 0 Å². The SMILES string of the molecule is c1csc(-c2ccc(-c3ccc(-c4ccc(-c5ccc(-c6ccc(-c7ccc(-c8ccc(-c9cccs9)o8)o7)s6)s5)s4)o3)o2)c1. The van der Waals surface area contributed by atoms with Crippen molar-refractivity contribution in [1.29, 1.82) is 0 Å². The minimum Gasteiger partial charge on any atom is -0.452 e. The van der Waals surface area contributed by atoms with Crippen LogP contribution in [0.5, 0.6) is 0 Å². The summed E-state index contributed by atoms with van der Waals surface area (Å²) in [4.78, 5) is 9.27. The molecular formula is C36H20O4S5. The largest absolute Gasteiger partial charge is 0.452 e. The molecule has 0 N–H and O–H groups in total. The zero-order valence-corrected chi connectivity index (χ0v) is 27.3. The topological polar surface area (TPSA) is 52.6 Å². The molecule has 45 heavy (non-hydrogen) atoms. The summed E-state index contributed by atoms with van der Waals surface area (Å²) in [5.74, 6) is 6.30. The fraction of sp³-hybridized carbons (Fsp3) is 0. The van der Waals surface area contributed by atoms with Gasteiger partial charge in [0.25, 0.3) is 0 Å². The first-order chi connectivity index (χ1) is 22.2. The molecule has 0 bridgehead atoms. The first-order valence-electron chi connectivity index (χ1n) is 14.0. The maximum Gasteiger partial charge on any atom is 0.170 e. The molecule has 0 fully saturated rings. The predicted octanol–water partition coefficient (Wildman–Crippen LogP) is 13.7. The monoisotopic (exact) mass is 676 g/mol. The van der Waals surface area contributed by atoms with Crippen LogP contribution in [0.2, 0.25) is 0 Å². The van der Waals surface area contributed by atoms with Crippen molar-refractivity contribution < 1.29 is 17.7 Å². The molecule has 0 spiro atoms. The highest BCUT2D eigenvalue weighted by Crippen LogP contribution is 2.44. The van der Waals surface area contributed by atoms with Gasteiger partial charge in [-0.25, -0.2) is 0 Å². The molecular weight excluding hydrogens is 657 g/mol. The van der Waals surface area contributed by atoms with Gasteiger partial charge in [0.15, 0.2) is 23.0 Å². The van der Waals surface area contributed by atoms with E-state index in [0.29, 0.717) is 0 Å². The second-order valence-corrected chi connectivity index (χ2v) is 15.2. The van der Waals surface area contributed by atoms with Gasteiger partial charge in [0.2, 0.25) is 0 Å². The van der Waals surface area contributed by atoms with E-state index in [0.717, 1.165) is 65.6 Å². The van der Waals surface area contributed by atoms with Gasteiger partial charge in [0, 0.05) is 19.5 Å². The Bertz CT molecular complexity index is 2180. The fourth-order valence-electron chi connectivity index (χ4n) is 5.06. The third-order valence-corrected chi connectivity index (χ3v) is 12.7. The standard InChI is InChI=1S/C36H20O4S5/c1-3-29(41-19-1)25-9-5-21(37-25)23-7-11-27(39-23)31-13-15-33(43-31)35-17-18-36(45-35)34-16-14-32(44-34)28-12-8-24(40-28)22-6-10-26(38-22)30-4-2-20-42-30/h1-20H. The van der Waals surface area contributed by atoms with Crippen LogP contribution in [0.3, 0.4) is 0 Å². The molecule has 0 aliphatic carbocycles. The van der Waals surface area contributed by atoms with E-state index in [1.165, 1.54) is 19.5 Å². The van der Waals surface area contributed by atoms with Crippen molar-refractivity contribution in [2.75, 3.05) is 0 Å². The molecule has 9 heterocycles. The van der Waals surface area contributed by atoms with Crippen molar-refractivity contribution >= 4 is 56.7 Å². The number of hydrogen-bond donors (Lipinski definition) is 0. The van der Waals surface area contributed by atoms with Gasteiger partial charge >= 0.3 is 0 Å². The third kappa shape index (κ3) is 5.12. The summed E-state index contributed by atoms with van der Waals surface area (Å²) in [7, 11) is 0. The van der Waals surface area contributed by atoms with Crippen LogP contribution in [0.4, 0.5) is 0 Å². The Hall–Kier alpha value is -4.38. The van der Waals surface area contributed by atoms with E-state index in [4.69, 9.17) is 17.7 Å². The molecule has 0 saturated heterocycles. The molecule has 0 aliphatic rings. The van der Waals surface area contributed by atoms with Crippen LogP contribution >= 0.6 is 56.7 Å². The number of furan rings is 4. The van der Waals surface area contributed by atoms with E-state index >= 15 is 0 Å². The quantitative estimate of drug-likeness (QED) is 0.161. The molecule has 0 amide bonds. The second-order valence-electron chi connectivity index (χ2n) is 10.1. The van der Waals surface area contributed by atoms with Crippen LogP contribution < -0.4 is 0 Å². The van der Waals surface area contributed by atoms with Crippen molar-refractivity contribution in [3.63, 3.8) is 0 Å². The molecule has 0 saturated carbocycles. The minimum absolute atomic E-state index is 0.727. The van der Waals surface area contributed by atoms with E-state index in [2.05, 4.69) is 48.5 Å². The van der Waals surface area contributed by atoms with Gasteiger partial charge in [-0.05, 0) is 108 Å². The van der Waals surface area contributed by atoms with E-state index in [-0.39, 0.29) is 0 Å². The lowest BCUT2D eigenvalue weighted by Gasteiger charge is -1.94. The minimum atomic E-state index is 0.727. The first kappa shape index (κ1) is 27.0. The zero-order chi connectivity index (χ0) is 29.7. The van der Waals surface area contributed by atoms with Gasteiger partial charge in [0.05, 0.1) is 19.5 Å². The smallest absolute Gasteiger partial charge is 0.170 e. The molecule has 0 unspecified atom stereocenters. The summed E-state index contributed by atoms with van der Waals surface area (Å²) >= 11 is 8.58. The van der Waals surface area contributed by atoms with Gasteiger partial charge in [-0.3, -0.25) is 0 Å². The Balaban J connectivity index is 0.908. The lowest BCUT2D eigenvalue weighted by molar-refractivity contribution is 0.540. The lowest BCUT2D eigenvalue weighted by Crippen LogP contribution is -1.66. The van der Waals surface area contributed by atoms with E-state index in [9.17, 15) is 0 Å². The summed E-state index contributed by atoms with van der Waals surface area (Å²) in [6, 6.07) is 37.0. The summed E-state index contributed by atoms with van der Waals surface area (Å²) in [5.41, 5.74) is 0. The second kappa shape index (κ2) is 11.2. The van der Waals surface area contributed by atoms with Gasteiger partial charge in [-0.15, -0.1) is 56.7 Å². The summed E-state index contributed by atoms with van der Waals surface area (Å²) < 4.78 is 24.5. The normalized spacial score (nSPS) is 11.6. The Morgan fingerprint density at radius 3 is 0.889 bits per heavy atom. The van der Waals surface area contributed by atoms with Crippen molar-refractivity contribution in [2.45, 2.75) is 0 Å². The van der Waals surface area contributed by atoms with Crippen LogP contribution in [0.15, 0.2) is 138 Å². The van der Waals surface area contributed by atoms with Crippen LogP contribution in [-0.4, -0.2) is 0 Å². The fourth-order valence-corrected chi connectivity index (χ4v) is 9.55. The number of hydrogen-bond acceptors (Lipinski definition) is 9. The van der Waals surface area contributed by atoms with Crippen LogP contribution in [-0.2, 0) is 0 Å². The summed E-state index contributed by atoms with van der Waals surface area (Å²) in [6.07, 6.45) is 0. The summed E-state index contributed by atoms with van der Waals surface area (Å²) in [5, 5.41) is 4.10. The zero-order valence-electron chi connectivity index (χ0n) is 23.2. The highest BCUT2D eigenvalue weighted by molar-refractivity contribution is 7.27. The number of rotatable bonds is 8. The maximum absolute atomic E-state index is 6.21. The van der Waals surface area contributed by atoms with Gasteiger partial charge in [0.1, 0.15) is 23.0 Å². The van der Waals surface area contributed by atoms with Crippen LogP contribution in [0.1, 0.15) is 0 Å². The van der Waals surface area contributed by atoms with E-state index < -0.39 is 0 Å². The molecule has 9 rings (SSSR count). The number of thiophene rings is 5. The van der Waals surface area contributed by atoms with Crippen molar-refractivity contribution in [3.8, 4) is 85.1 Å². The maximum atomic E-state index is 6.21. The Morgan fingerprint density at radius 1 is 0.267 bits per heavy atom. The van der Waals surface area contributed by atoms with Crippen LogP contribution in [0.25, 0.3) is 85.1 Å². The highest BCUT2D eigenvalue weighted by Gasteiger charge is 2.17. The average molecular weight is 677 g/mol. The molecule has 4 nitrogen and oxygen atoms in total.